The van der Waals surface area contributed by atoms with Crippen molar-refractivity contribution in [2.24, 2.45) is 0 Å². The highest BCUT2D eigenvalue weighted by Crippen LogP contribution is 2.08. The second-order valence-electron chi connectivity index (χ2n) is 4.40. The van der Waals surface area contributed by atoms with Crippen molar-refractivity contribution in [3.8, 4) is 0 Å². The van der Waals surface area contributed by atoms with Crippen LogP contribution >= 0.6 is 0 Å². The van der Waals surface area contributed by atoms with Gasteiger partial charge in [0.2, 0.25) is 0 Å². The summed E-state index contributed by atoms with van der Waals surface area (Å²) in [5, 5.41) is 1.42. The van der Waals surface area contributed by atoms with Gasteiger partial charge in [0.1, 0.15) is 6.10 Å². The number of hydrogen-bond acceptors (Lipinski definition) is 3. The molecule has 1 aliphatic rings. The molecule has 1 unspecified atom stereocenters. The van der Waals surface area contributed by atoms with Crippen LogP contribution in [0.15, 0.2) is 24.3 Å². The fourth-order valence-electron chi connectivity index (χ4n) is 1.75. The molecule has 0 saturated carbocycles. The lowest BCUT2D eigenvalue weighted by Crippen LogP contribution is -2.19. The zero-order valence-electron chi connectivity index (χ0n) is 10.9. The molecule has 2 rings (SSSR count). The number of hydrogen-bond donors (Lipinski definition) is 0. The van der Waals surface area contributed by atoms with E-state index in [-0.39, 0.29) is 0 Å². The quantitative estimate of drug-likeness (QED) is 0.384. The van der Waals surface area contributed by atoms with E-state index in [4.69, 9.17) is 14.2 Å². The van der Waals surface area contributed by atoms with Crippen LogP contribution in [0, 0.1) is 0 Å². The number of ether oxygens (including phenoxy) is 3. The third-order valence-electron chi connectivity index (χ3n) is 2.80. The molecule has 0 bridgehead atoms. The molecule has 1 aliphatic heterocycles. The van der Waals surface area contributed by atoms with Crippen LogP contribution in [0.4, 0.5) is 0 Å². The molecule has 0 aromatic heterocycles. The van der Waals surface area contributed by atoms with Gasteiger partial charge in [-0.3, -0.25) is 0 Å². The van der Waals surface area contributed by atoms with Crippen LogP contribution in [0.1, 0.15) is 12.0 Å². The number of benzene rings is 1. The molecule has 0 N–H and O–H groups in total. The van der Waals surface area contributed by atoms with Gasteiger partial charge in [0.05, 0.1) is 29.3 Å². The number of methoxy groups -OCH3 is 1. The maximum Gasteiger partial charge on any atom is 0.104 e. The van der Waals surface area contributed by atoms with E-state index in [9.17, 15) is 0 Å². The topological polar surface area (TPSA) is 31.0 Å². The third kappa shape index (κ3) is 4.90. The van der Waals surface area contributed by atoms with E-state index >= 15 is 0 Å². The standard InChI is InChI=1S/C14H20O3Si/c1-15-9-12-5-2-3-6-14(12)18-8-4-7-16-10-13-11-17-13/h2-3,5-6,13H,4,7-11H2,1H3. The molecule has 4 heteroatoms. The minimum absolute atomic E-state index is 0.384. The predicted octanol–water partition coefficient (Wildman–Crippen LogP) is 1.39. The summed E-state index contributed by atoms with van der Waals surface area (Å²) in [6.45, 7) is 3.20. The van der Waals surface area contributed by atoms with Gasteiger partial charge >= 0.3 is 0 Å². The van der Waals surface area contributed by atoms with Crippen LogP contribution in [0.25, 0.3) is 0 Å². The Balaban J connectivity index is 1.62. The molecule has 0 spiro atoms. The monoisotopic (exact) mass is 264 g/mol. The van der Waals surface area contributed by atoms with Gasteiger partial charge < -0.3 is 14.2 Å². The van der Waals surface area contributed by atoms with E-state index in [1.165, 1.54) is 16.8 Å². The first kappa shape index (κ1) is 13.7. The summed E-state index contributed by atoms with van der Waals surface area (Å²) >= 11 is 0. The van der Waals surface area contributed by atoms with E-state index in [1.807, 2.05) is 0 Å². The van der Waals surface area contributed by atoms with Crippen molar-refractivity contribution in [3.63, 3.8) is 0 Å². The van der Waals surface area contributed by atoms with Gasteiger partial charge in [-0.15, -0.1) is 0 Å². The largest absolute Gasteiger partial charge is 0.380 e. The SMILES string of the molecule is COCc1ccccc1[Si]CCCOCC1CO1. The molecule has 18 heavy (non-hydrogen) atoms. The summed E-state index contributed by atoms with van der Waals surface area (Å²) in [4.78, 5) is 0. The summed E-state index contributed by atoms with van der Waals surface area (Å²) in [5.74, 6) is 0. The molecular formula is C14H20O3Si. The van der Waals surface area contributed by atoms with Gasteiger partial charge in [-0.1, -0.05) is 35.5 Å². The molecule has 1 fully saturated rings. The van der Waals surface area contributed by atoms with Gasteiger partial charge in [0.15, 0.2) is 0 Å². The average Bonchev–Trinajstić information content (AvgIpc) is 3.20. The van der Waals surface area contributed by atoms with Crippen molar-refractivity contribution in [1.82, 2.24) is 0 Å². The first-order chi connectivity index (χ1) is 8.90. The lowest BCUT2D eigenvalue weighted by molar-refractivity contribution is 0.117. The van der Waals surface area contributed by atoms with Gasteiger partial charge in [-0.05, 0) is 12.0 Å². The molecule has 1 atom stereocenters. The lowest BCUT2D eigenvalue weighted by Gasteiger charge is -2.07. The Labute approximate surface area is 111 Å². The number of epoxide rings is 1. The van der Waals surface area contributed by atoms with Crippen LogP contribution < -0.4 is 5.19 Å². The highest BCUT2D eigenvalue weighted by Gasteiger charge is 2.21. The minimum atomic E-state index is 0.384. The normalized spacial score (nSPS) is 17.9. The van der Waals surface area contributed by atoms with E-state index in [0.29, 0.717) is 12.7 Å². The van der Waals surface area contributed by atoms with E-state index in [2.05, 4.69) is 24.3 Å². The Hall–Kier alpha value is -0.683. The van der Waals surface area contributed by atoms with E-state index in [1.54, 1.807) is 7.11 Å². The fraction of sp³-hybridized carbons (Fsp3) is 0.571. The first-order valence-corrected chi connectivity index (χ1v) is 7.61. The van der Waals surface area contributed by atoms with Crippen LogP contribution in [0.2, 0.25) is 6.04 Å². The number of rotatable bonds is 9. The van der Waals surface area contributed by atoms with E-state index in [0.717, 1.165) is 35.8 Å². The molecule has 3 nitrogen and oxygen atoms in total. The Bertz CT molecular complexity index is 353. The van der Waals surface area contributed by atoms with Crippen molar-refractivity contribution in [3.05, 3.63) is 29.8 Å². The highest BCUT2D eigenvalue weighted by molar-refractivity contribution is 6.53. The van der Waals surface area contributed by atoms with Gasteiger partial charge in [0, 0.05) is 13.7 Å². The molecule has 1 saturated heterocycles. The molecule has 0 aliphatic carbocycles. The van der Waals surface area contributed by atoms with E-state index < -0.39 is 0 Å². The minimum Gasteiger partial charge on any atom is -0.380 e. The third-order valence-corrected chi connectivity index (χ3v) is 4.28. The van der Waals surface area contributed by atoms with Crippen molar-refractivity contribution in [1.29, 1.82) is 0 Å². The van der Waals surface area contributed by atoms with Crippen molar-refractivity contribution < 1.29 is 14.2 Å². The van der Waals surface area contributed by atoms with Crippen LogP contribution in [0.5, 0.6) is 0 Å². The van der Waals surface area contributed by atoms with Crippen LogP contribution in [-0.2, 0) is 20.8 Å². The second-order valence-corrected chi connectivity index (χ2v) is 5.79. The fourth-order valence-corrected chi connectivity index (χ4v) is 2.94. The molecule has 2 radical (unpaired) electrons. The summed E-state index contributed by atoms with van der Waals surface area (Å²) in [6, 6.07) is 9.70. The Morgan fingerprint density at radius 1 is 1.39 bits per heavy atom. The molecule has 1 heterocycles. The summed E-state index contributed by atoms with van der Waals surface area (Å²) in [7, 11) is 2.59. The summed E-state index contributed by atoms with van der Waals surface area (Å²) in [5.41, 5.74) is 1.31. The summed E-state index contributed by atoms with van der Waals surface area (Å²) in [6.07, 6.45) is 1.50. The Morgan fingerprint density at radius 2 is 2.22 bits per heavy atom. The second kappa shape index (κ2) is 7.69. The molecule has 98 valence electrons. The Kier molecular flexibility index (Phi) is 5.87. The maximum atomic E-state index is 5.53. The predicted molar refractivity (Wildman–Crippen MR) is 72.5 cm³/mol. The highest BCUT2D eigenvalue weighted by atomic mass is 28.2. The van der Waals surface area contributed by atoms with Gasteiger partial charge in [0.25, 0.3) is 0 Å². The zero-order chi connectivity index (χ0) is 12.6. The molecular weight excluding hydrogens is 244 g/mol. The first-order valence-electron chi connectivity index (χ1n) is 6.40. The molecule has 1 aromatic rings. The Morgan fingerprint density at radius 3 is 3.00 bits per heavy atom. The van der Waals surface area contributed by atoms with Gasteiger partial charge in [-0.2, -0.15) is 0 Å². The van der Waals surface area contributed by atoms with Crippen molar-refractivity contribution >= 4 is 14.7 Å². The smallest absolute Gasteiger partial charge is 0.104 e. The van der Waals surface area contributed by atoms with Crippen molar-refractivity contribution in [2.75, 3.05) is 26.9 Å². The zero-order valence-corrected chi connectivity index (χ0v) is 11.9. The van der Waals surface area contributed by atoms with Crippen LogP contribution in [0.3, 0.4) is 0 Å². The van der Waals surface area contributed by atoms with Crippen molar-refractivity contribution in [2.45, 2.75) is 25.2 Å². The molecule has 0 amide bonds. The maximum absolute atomic E-state index is 5.53. The average molecular weight is 264 g/mol. The van der Waals surface area contributed by atoms with Gasteiger partial charge in [-0.25, -0.2) is 0 Å². The molecule has 1 aromatic carbocycles. The lowest BCUT2D eigenvalue weighted by atomic mass is 10.2. The summed E-state index contributed by atoms with van der Waals surface area (Å²) < 4.78 is 15.8. The van der Waals surface area contributed by atoms with Crippen LogP contribution in [-0.4, -0.2) is 42.6 Å².